The molecule has 1 heterocycles. The van der Waals surface area contributed by atoms with E-state index >= 15 is 0 Å². The van der Waals surface area contributed by atoms with Crippen molar-refractivity contribution >= 4 is 12.2 Å². The summed E-state index contributed by atoms with van der Waals surface area (Å²) in [7, 11) is 1.58. The number of alkyl halides is 3. The average molecular weight is 321 g/mol. The number of nitrogens with zero attached hydrogens (tertiary/aromatic N) is 1. The third-order valence-electron chi connectivity index (χ3n) is 3.46. The summed E-state index contributed by atoms with van der Waals surface area (Å²) in [5, 5.41) is 0. The molecule has 1 aromatic carbocycles. The van der Waals surface area contributed by atoms with Gasteiger partial charge in [-0.1, -0.05) is 32.1 Å². The van der Waals surface area contributed by atoms with Gasteiger partial charge in [-0.25, -0.2) is 0 Å². The van der Waals surface area contributed by atoms with Crippen molar-refractivity contribution in [1.29, 1.82) is 0 Å². The minimum Gasteiger partial charge on any atom is -0.496 e. The zero-order chi connectivity index (χ0) is 17.0. The maximum absolute atomic E-state index is 12.9. The highest BCUT2D eigenvalue weighted by Crippen LogP contribution is 2.32. The van der Waals surface area contributed by atoms with Gasteiger partial charge in [0, 0.05) is 6.20 Å². The Balaban J connectivity index is 2.35. The lowest BCUT2D eigenvalue weighted by atomic mass is 10.00. The molecular formula is C18H18F3NO. The van der Waals surface area contributed by atoms with E-state index in [0.29, 0.717) is 5.92 Å². The molecule has 23 heavy (non-hydrogen) atoms. The summed E-state index contributed by atoms with van der Waals surface area (Å²) in [4.78, 5) is 3.81. The molecule has 0 unspecified atom stereocenters. The second-order valence-corrected chi connectivity index (χ2v) is 5.42. The second-order valence-electron chi connectivity index (χ2n) is 5.42. The van der Waals surface area contributed by atoms with Gasteiger partial charge in [0.1, 0.15) is 5.75 Å². The Hall–Kier alpha value is -2.30. The molecule has 122 valence electrons. The van der Waals surface area contributed by atoms with Gasteiger partial charge in [-0.15, -0.1) is 0 Å². The molecule has 0 saturated carbocycles. The van der Waals surface area contributed by atoms with E-state index in [0.717, 1.165) is 22.9 Å². The minimum absolute atomic E-state index is 0.105. The van der Waals surface area contributed by atoms with Gasteiger partial charge >= 0.3 is 6.18 Å². The number of halogens is 3. The van der Waals surface area contributed by atoms with E-state index in [4.69, 9.17) is 4.74 Å². The molecule has 2 rings (SSSR count). The maximum atomic E-state index is 12.9. The number of methoxy groups -OCH3 is 1. The van der Waals surface area contributed by atoms with Crippen LogP contribution in [0.25, 0.3) is 12.2 Å². The first-order valence-corrected chi connectivity index (χ1v) is 7.21. The molecule has 0 aliphatic carbocycles. The highest BCUT2D eigenvalue weighted by atomic mass is 19.4. The standard InChI is InChI=1S/C18H18F3NO/c1-12(2)14-8-6-13(11-17(14)23-3)7-9-16-15(18(19,20)21)5-4-10-22-16/h4-12H,1-3H3/b9-7+. The van der Waals surface area contributed by atoms with Crippen molar-refractivity contribution in [2.45, 2.75) is 25.9 Å². The van der Waals surface area contributed by atoms with E-state index in [-0.39, 0.29) is 5.69 Å². The minimum atomic E-state index is -4.42. The van der Waals surface area contributed by atoms with Crippen molar-refractivity contribution in [2.75, 3.05) is 7.11 Å². The molecule has 0 aliphatic heterocycles. The Bertz CT molecular complexity index is 706. The van der Waals surface area contributed by atoms with E-state index in [9.17, 15) is 13.2 Å². The number of hydrogen-bond donors (Lipinski definition) is 0. The number of aromatic nitrogens is 1. The van der Waals surface area contributed by atoms with Crippen molar-refractivity contribution < 1.29 is 17.9 Å². The van der Waals surface area contributed by atoms with Crippen LogP contribution >= 0.6 is 0 Å². The summed E-state index contributed by atoms with van der Waals surface area (Å²) >= 11 is 0. The summed E-state index contributed by atoms with van der Waals surface area (Å²) in [6.07, 6.45) is -0.110. The number of ether oxygens (including phenoxy) is 1. The van der Waals surface area contributed by atoms with Gasteiger partial charge < -0.3 is 4.74 Å². The molecule has 2 aromatic rings. The van der Waals surface area contributed by atoms with Gasteiger partial charge in [-0.2, -0.15) is 13.2 Å². The fraction of sp³-hybridized carbons (Fsp3) is 0.278. The number of pyridine rings is 1. The SMILES string of the molecule is COc1cc(/C=C/c2ncccc2C(F)(F)F)ccc1C(C)C. The summed E-state index contributed by atoms with van der Waals surface area (Å²) in [5.74, 6) is 1.02. The largest absolute Gasteiger partial charge is 0.496 e. The summed E-state index contributed by atoms with van der Waals surface area (Å²) in [6.45, 7) is 4.10. The normalized spacial score (nSPS) is 12.1. The second kappa shape index (κ2) is 6.86. The number of benzene rings is 1. The molecule has 0 amide bonds. The molecule has 0 saturated heterocycles. The van der Waals surface area contributed by atoms with Crippen LogP contribution in [0.3, 0.4) is 0 Å². The highest BCUT2D eigenvalue weighted by Gasteiger charge is 2.33. The summed E-state index contributed by atoms with van der Waals surface area (Å²) in [6, 6.07) is 7.88. The first-order valence-electron chi connectivity index (χ1n) is 7.21. The molecule has 1 aromatic heterocycles. The Kier molecular flexibility index (Phi) is 5.08. The molecule has 0 spiro atoms. The van der Waals surface area contributed by atoms with Gasteiger partial charge in [0.2, 0.25) is 0 Å². The van der Waals surface area contributed by atoms with Gasteiger partial charge in [0.25, 0.3) is 0 Å². The van der Waals surface area contributed by atoms with Crippen LogP contribution < -0.4 is 4.74 Å². The van der Waals surface area contributed by atoms with Gasteiger partial charge in [0.05, 0.1) is 18.4 Å². The molecular weight excluding hydrogens is 303 g/mol. The molecule has 0 radical (unpaired) electrons. The third-order valence-corrected chi connectivity index (χ3v) is 3.46. The van der Waals surface area contributed by atoms with E-state index in [1.807, 2.05) is 18.2 Å². The molecule has 0 fully saturated rings. The third kappa shape index (κ3) is 4.12. The molecule has 0 atom stereocenters. The van der Waals surface area contributed by atoms with Crippen molar-refractivity contribution in [3.8, 4) is 5.75 Å². The van der Waals surface area contributed by atoms with Crippen molar-refractivity contribution in [2.24, 2.45) is 0 Å². The van der Waals surface area contributed by atoms with Gasteiger partial charge in [-0.3, -0.25) is 4.98 Å². The van der Waals surface area contributed by atoms with Crippen LogP contribution in [0.4, 0.5) is 13.2 Å². The van der Waals surface area contributed by atoms with Crippen LogP contribution in [0.1, 0.15) is 42.1 Å². The van der Waals surface area contributed by atoms with E-state index < -0.39 is 11.7 Å². The monoisotopic (exact) mass is 321 g/mol. The fourth-order valence-corrected chi connectivity index (χ4v) is 2.27. The lowest BCUT2D eigenvalue weighted by Crippen LogP contribution is -2.08. The maximum Gasteiger partial charge on any atom is 0.418 e. The van der Waals surface area contributed by atoms with Crippen molar-refractivity contribution in [3.63, 3.8) is 0 Å². The Morgan fingerprint density at radius 2 is 1.87 bits per heavy atom. The zero-order valence-corrected chi connectivity index (χ0v) is 13.2. The average Bonchev–Trinajstić information content (AvgIpc) is 2.51. The first kappa shape index (κ1) is 17.1. The number of hydrogen-bond acceptors (Lipinski definition) is 2. The number of rotatable bonds is 4. The predicted molar refractivity (Wildman–Crippen MR) is 85.3 cm³/mol. The molecule has 5 heteroatoms. The van der Waals surface area contributed by atoms with Crippen LogP contribution in [-0.2, 0) is 6.18 Å². The fourth-order valence-electron chi connectivity index (χ4n) is 2.27. The predicted octanol–water partition coefficient (Wildman–Crippen LogP) is 5.40. The van der Waals surface area contributed by atoms with Crippen molar-refractivity contribution in [3.05, 3.63) is 58.9 Å². The van der Waals surface area contributed by atoms with Crippen LogP contribution in [0.2, 0.25) is 0 Å². The van der Waals surface area contributed by atoms with Gasteiger partial charge in [-0.05, 0) is 41.3 Å². The first-order chi connectivity index (χ1) is 10.8. The highest BCUT2D eigenvalue weighted by molar-refractivity contribution is 5.70. The van der Waals surface area contributed by atoms with Gasteiger partial charge in [0.15, 0.2) is 0 Å². The van der Waals surface area contributed by atoms with E-state index in [1.54, 1.807) is 13.2 Å². The van der Waals surface area contributed by atoms with Crippen LogP contribution in [0, 0.1) is 0 Å². The lowest BCUT2D eigenvalue weighted by molar-refractivity contribution is -0.138. The Morgan fingerprint density at radius 3 is 2.48 bits per heavy atom. The zero-order valence-electron chi connectivity index (χ0n) is 13.2. The van der Waals surface area contributed by atoms with Crippen LogP contribution in [-0.4, -0.2) is 12.1 Å². The Morgan fingerprint density at radius 1 is 1.13 bits per heavy atom. The molecule has 0 bridgehead atoms. The van der Waals surface area contributed by atoms with Crippen LogP contribution in [0.15, 0.2) is 36.5 Å². The summed E-state index contributed by atoms with van der Waals surface area (Å²) in [5.41, 5.74) is 0.956. The Labute approximate surface area is 133 Å². The quantitative estimate of drug-likeness (QED) is 0.752. The summed E-state index contributed by atoms with van der Waals surface area (Å²) < 4.78 is 44.2. The van der Waals surface area contributed by atoms with E-state index in [2.05, 4.69) is 18.8 Å². The lowest BCUT2D eigenvalue weighted by Gasteiger charge is -2.12. The smallest absolute Gasteiger partial charge is 0.418 e. The van der Waals surface area contributed by atoms with E-state index in [1.165, 1.54) is 18.3 Å². The molecule has 2 nitrogen and oxygen atoms in total. The molecule has 0 N–H and O–H groups in total. The topological polar surface area (TPSA) is 22.1 Å². The molecule has 0 aliphatic rings. The van der Waals surface area contributed by atoms with Crippen molar-refractivity contribution in [1.82, 2.24) is 4.98 Å². The van der Waals surface area contributed by atoms with Crippen LogP contribution in [0.5, 0.6) is 5.75 Å².